The number of esters is 1. The van der Waals surface area contributed by atoms with Gasteiger partial charge in [-0.2, -0.15) is 8.78 Å². The lowest BCUT2D eigenvalue weighted by atomic mass is 10.1. The summed E-state index contributed by atoms with van der Waals surface area (Å²) < 4.78 is 30.6. The van der Waals surface area contributed by atoms with Crippen molar-refractivity contribution in [3.8, 4) is 0 Å². The fraction of sp³-hybridized carbons (Fsp3) is 0.917. The molecule has 1 N–H and O–H groups in total. The standard InChI is InChI=1S/C12H17F2NO2/c13-12(14)5-9(17-11(12)16)6-15-10(7-1-2-7)8-3-4-8/h7-10,15H,1-6H2. The van der Waals surface area contributed by atoms with Gasteiger partial charge in [-0.1, -0.05) is 0 Å². The highest BCUT2D eigenvalue weighted by Crippen LogP contribution is 2.44. The highest BCUT2D eigenvalue weighted by molar-refractivity contribution is 5.79. The Morgan fingerprint density at radius 2 is 1.88 bits per heavy atom. The fourth-order valence-electron chi connectivity index (χ4n) is 2.66. The van der Waals surface area contributed by atoms with Crippen molar-refractivity contribution in [3.05, 3.63) is 0 Å². The molecule has 1 saturated heterocycles. The van der Waals surface area contributed by atoms with Crippen LogP contribution in [0.25, 0.3) is 0 Å². The minimum atomic E-state index is -3.28. The van der Waals surface area contributed by atoms with Gasteiger partial charge < -0.3 is 10.1 Å². The molecule has 0 amide bonds. The van der Waals surface area contributed by atoms with Crippen molar-refractivity contribution < 1.29 is 18.3 Å². The van der Waals surface area contributed by atoms with E-state index >= 15 is 0 Å². The Kier molecular flexibility index (Phi) is 2.61. The lowest BCUT2D eigenvalue weighted by Crippen LogP contribution is -2.38. The molecular formula is C12H17F2NO2. The van der Waals surface area contributed by atoms with Crippen LogP contribution in [-0.2, 0) is 9.53 Å². The predicted molar refractivity (Wildman–Crippen MR) is 56.7 cm³/mol. The van der Waals surface area contributed by atoms with Crippen molar-refractivity contribution >= 4 is 5.97 Å². The highest BCUT2D eigenvalue weighted by atomic mass is 19.3. The minimum Gasteiger partial charge on any atom is -0.456 e. The zero-order valence-corrected chi connectivity index (χ0v) is 9.62. The molecule has 0 aromatic heterocycles. The number of carbonyl (C=O) groups excluding carboxylic acids is 1. The predicted octanol–water partition coefficient (Wildman–Crippen LogP) is 1.72. The van der Waals surface area contributed by atoms with Gasteiger partial charge in [-0.3, -0.25) is 0 Å². The molecule has 3 fully saturated rings. The Morgan fingerprint density at radius 3 is 2.29 bits per heavy atom. The van der Waals surface area contributed by atoms with E-state index < -0.39 is 24.4 Å². The number of alkyl halides is 2. The van der Waals surface area contributed by atoms with E-state index in [0.717, 1.165) is 11.8 Å². The van der Waals surface area contributed by atoms with Gasteiger partial charge in [-0.25, -0.2) is 4.79 Å². The second-order valence-electron chi connectivity index (χ2n) is 5.54. The van der Waals surface area contributed by atoms with Crippen LogP contribution in [0, 0.1) is 11.8 Å². The number of hydrogen-bond donors (Lipinski definition) is 1. The molecule has 1 aliphatic heterocycles. The third-order valence-electron chi connectivity index (χ3n) is 3.90. The quantitative estimate of drug-likeness (QED) is 0.749. The van der Waals surface area contributed by atoms with Crippen LogP contribution >= 0.6 is 0 Å². The third-order valence-corrected chi connectivity index (χ3v) is 3.90. The summed E-state index contributed by atoms with van der Waals surface area (Å²) in [6.07, 6.45) is 3.85. The van der Waals surface area contributed by atoms with Crippen LogP contribution in [0.2, 0.25) is 0 Å². The zero-order valence-electron chi connectivity index (χ0n) is 9.62. The van der Waals surface area contributed by atoms with Gasteiger partial charge in [0, 0.05) is 12.6 Å². The molecule has 5 heteroatoms. The van der Waals surface area contributed by atoms with Gasteiger partial charge >= 0.3 is 11.9 Å². The summed E-state index contributed by atoms with van der Waals surface area (Å²) in [5, 5.41) is 3.33. The second-order valence-corrected chi connectivity index (χ2v) is 5.54. The van der Waals surface area contributed by atoms with Gasteiger partial charge in [0.1, 0.15) is 6.10 Å². The maximum atomic E-state index is 13.0. The average molecular weight is 245 g/mol. The normalized spacial score (nSPS) is 31.9. The van der Waals surface area contributed by atoms with Crippen molar-refractivity contribution in [1.82, 2.24) is 5.32 Å². The number of nitrogens with one attached hydrogen (secondary N) is 1. The number of halogens is 2. The molecule has 0 aromatic rings. The molecule has 2 aliphatic carbocycles. The number of cyclic esters (lactones) is 1. The van der Waals surface area contributed by atoms with Gasteiger partial charge in [0.2, 0.25) is 0 Å². The monoisotopic (exact) mass is 245 g/mol. The summed E-state index contributed by atoms with van der Waals surface area (Å²) >= 11 is 0. The Morgan fingerprint density at radius 1 is 1.29 bits per heavy atom. The third kappa shape index (κ3) is 2.44. The summed E-state index contributed by atoms with van der Waals surface area (Å²) in [5.74, 6) is -3.19. The zero-order chi connectivity index (χ0) is 12.0. The van der Waals surface area contributed by atoms with Crippen LogP contribution in [0.3, 0.4) is 0 Å². The Hall–Kier alpha value is -0.710. The Balaban J connectivity index is 1.49. The van der Waals surface area contributed by atoms with E-state index in [-0.39, 0.29) is 0 Å². The SMILES string of the molecule is O=C1OC(CNC(C2CC2)C2CC2)CC1(F)F. The van der Waals surface area contributed by atoms with Crippen molar-refractivity contribution in [1.29, 1.82) is 0 Å². The lowest BCUT2D eigenvalue weighted by molar-refractivity contribution is -0.159. The molecule has 3 aliphatic rings. The number of hydrogen-bond acceptors (Lipinski definition) is 3. The first kappa shape index (κ1) is 11.4. The topological polar surface area (TPSA) is 38.3 Å². The molecule has 1 heterocycles. The average Bonchev–Trinajstić information content (AvgIpc) is 3.11. The molecule has 2 saturated carbocycles. The van der Waals surface area contributed by atoms with Crippen molar-refractivity contribution in [2.75, 3.05) is 6.54 Å². The number of carbonyl (C=O) groups is 1. The van der Waals surface area contributed by atoms with Crippen LogP contribution in [0.5, 0.6) is 0 Å². The minimum absolute atomic E-state index is 0.374. The first-order chi connectivity index (χ1) is 8.06. The van der Waals surface area contributed by atoms with Crippen LogP contribution in [-0.4, -0.2) is 30.6 Å². The Bertz CT molecular complexity index is 314. The maximum absolute atomic E-state index is 13.0. The van der Waals surface area contributed by atoms with Crippen molar-refractivity contribution in [2.24, 2.45) is 11.8 Å². The Labute approximate surface area is 98.9 Å². The van der Waals surface area contributed by atoms with E-state index in [1.165, 1.54) is 25.7 Å². The van der Waals surface area contributed by atoms with E-state index in [2.05, 4.69) is 10.1 Å². The molecule has 0 bridgehead atoms. The number of ether oxygens (including phenoxy) is 1. The fourth-order valence-corrected chi connectivity index (χ4v) is 2.66. The van der Waals surface area contributed by atoms with E-state index in [1.807, 2.05) is 0 Å². The van der Waals surface area contributed by atoms with Crippen molar-refractivity contribution in [3.63, 3.8) is 0 Å². The molecule has 3 nitrogen and oxygen atoms in total. The van der Waals surface area contributed by atoms with Gasteiger partial charge in [0.05, 0.1) is 6.42 Å². The summed E-state index contributed by atoms with van der Waals surface area (Å²) in [6, 6.07) is 0.461. The molecule has 0 aromatic carbocycles. The van der Waals surface area contributed by atoms with E-state index in [4.69, 9.17) is 0 Å². The van der Waals surface area contributed by atoms with Crippen LogP contribution < -0.4 is 5.32 Å². The van der Waals surface area contributed by atoms with Gasteiger partial charge in [-0.05, 0) is 37.5 Å². The van der Waals surface area contributed by atoms with Gasteiger partial charge in [0.25, 0.3) is 0 Å². The molecule has 1 unspecified atom stereocenters. The summed E-state index contributed by atoms with van der Waals surface area (Å²) in [5.41, 5.74) is 0. The van der Waals surface area contributed by atoms with Crippen molar-refractivity contribution in [2.45, 2.75) is 50.2 Å². The highest BCUT2D eigenvalue weighted by Gasteiger charge is 2.51. The summed E-state index contributed by atoms with van der Waals surface area (Å²) in [4.78, 5) is 10.8. The summed E-state index contributed by atoms with van der Waals surface area (Å²) in [6.45, 7) is 0.374. The van der Waals surface area contributed by atoms with Gasteiger partial charge in [0.15, 0.2) is 0 Å². The molecule has 3 rings (SSSR count). The van der Waals surface area contributed by atoms with Crippen LogP contribution in [0.1, 0.15) is 32.1 Å². The van der Waals surface area contributed by atoms with Crippen LogP contribution in [0.15, 0.2) is 0 Å². The largest absolute Gasteiger partial charge is 0.456 e. The molecule has 0 radical (unpaired) electrons. The first-order valence-corrected chi connectivity index (χ1v) is 6.38. The van der Waals surface area contributed by atoms with Crippen LogP contribution in [0.4, 0.5) is 8.78 Å². The van der Waals surface area contributed by atoms with E-state index in [9.17, 15) is 13.6 Å². The van der Waals surface area contributed by atoms with E-state index in [0.29, 0.717) is 12.6 Å². The molecule has 96 valence electrons. The smallest absolute Gasteiger partial charge is 0.377 e. The summed E-state index contributed by atoms with van der Waals surface area (Å²) in [7, 11) is 0. The molecular weight excluding hydrogens is 228 g/mol. The molecule has 17 heavy (non-hydrogen) atoms. The molecule has 1 atom stereocenters. The van der Waals surface area contributed by atoms with E-state index in [1.54, 1.807) is 0 Å². The lowest BCUT2D eigenvalue weighted by Gasteiger charge is -2.19. The second kappa shape index (κ2) is 3.90. The first-order valence-electron chi connectivity index (χ1n) is 6.38. The maximum Gasteiger partial charge on any atom is 0.377 e. The number of rotatable bonds is 5. The van der Waals surface area contributed by atoms with Gasteiger partial charge in [-0.15, -0.1) is 0 Å². The molecule has 0 spiro atoms.